The largest absolute Gasteiger partial charge is 0.497 e. The van der Waals surface area contributed by atoms with Crippen LogP contribution in [0.15, 0.2) is 29.3 Å². The predicted octanol–water partition coefficient (Wildman–Crippen LogP) is 1.82. The molecule has 0 aromatic heterocycles. The summed E-state index contributed by atoms with van der Waals surface area (Å²) in [5.41, 5.74) is 0. The molecule has 2 N–H and O–H groups in total. The molecule has 0 aliphatic carbocycles. The maximum absolute atomic E-state index is 5.74. The van der Waals surface area contributed by atoms with Crippen molar-refractivity contribution in [1.82, 2.24) is 10.6 Å². The molecule has 26 heavy (non-hydrogen) atoms. The molecule has 146 valence electrons. The quantitative estimate of drug-likeness (QED) is 0.354. The summed E-state index contributed by atoms with van der Waals surface area (Å²) in [4.78, 5) is 4.22. The SMILES string of the molecule is CN=C(NCCCOc1cccc(OC)c1)NCCCOC1CCOC1. The fraction of sp³-hybridized carbons (Fsp3) is 0.632. The minimum absolute atomic E-state index is 0.275. The van der Waals surface area contributed by atoms with Gasteiger partial charge in [0.25, 0.3) is 0 Å². The second-order valence-electron chi connectivity index (χ2n) is 6.02. The molecule has 1 aliphatic heterocycles. The Balaban J connectivity index is 1.48. The third kappa shape index (κ3) is 7.93. The van der Waals surface area contributed by atoms with Crippen LogP contribution in [-0.4, -0.2) is 65.7 Å². The highest BCUT2D eigenvalue weighted by atomic mass is 16.5. The van der Waals surface area contributed by atoms with Crippen LogP contribution >= 0.6 is 0 Å². The molecular weight excluding hydrogens is 334 g/mol. The summed E-state index contributed by atoms with van der Waals surface area (Å²) in [5.74, 6) is 2.42. The monoisotopic (exact) mass is 365 g/mol. The number of hydrogen-bond acceptors (Lipinski definition) is 5. The molecule has 1 aliphatic rings. The number of aliphatic imine (C=N–C) groups is 1. The van der Waals surface area contributed by atoms with Crippen molar-refractivity contribution >= 4 is 5.96 Å². The van der Waals surface area contributed by atoms with Crippen molar-refractivity contribution in [3.63, 3.8) is 0 Å². The molecule has 0 saturated carbocycles. The highest BCUT2D eigenvalue weighted by molar-refractivity contribution is 5.79. The van der Waals surface area contributed by atoms with E-state index in [4.69, 9.17) is 18.9 Å². The van der Waals surface area contributed by atoms with Gasteiger partial charge in [-0.15, -0.1) is 0 Å². The third-order valence-electron chi connectivity index (χ3n) is 4.00. The van der Waals surface area contributed by atoms with Crippen LogP contribution in [0, 0.1) is 0 Å². The Morgan fingerprint density at radius 3 is 2.65 bits per heavy atom. The van der Waals surface area contributed by atoms with Gasteiger partial charge in [-0.05, 0) is 31.4 Å². The number of ether oxygens (including phenoxy) is 4. The molecule has 0 radical (unpaired) electrons. The van der Waals surface area contributed by atoms with Crippen molar-refractivity contribution in [3.05, 3.63) is 24.3 Å². The second-order valence-corrected chi connectivity index (χ2v) is 6.02. The minimum atomic E-state index is 0.275. The normalized spacial score (nSPS) is 17.2. The molecule has 1 fully saturated rings. The molecule has 1 aromatic carbocycles. The lowest BCUT2D eigenvalue weighted by Crippen LogP contribution is -2.38. The van der Waals surface area contributed by atoms with Crippen LogP contribution in [0.5, 0.6) is 11.5 Å². The van der Waals surface area contributed by atoms with E-state index in [1.54, 1.807) is 14.2 Å². The Kier molecular flexibility index (Phi) is 9.67. The lowest BCUT2D eigenvalue weighted by atomic mass is 10.3. The van der Waals surface area contributed by atoms with Crippen LogP contribution in [-0.2, 0) is 9.47 Å². The van der Waals surface area contributed by atoms with E-state index < -0.39 is 0 Å². The number of nitrogens with zero attached hydrogens (tertiary/aromatic N) is 1. The van der Waals surface area contributed by atoms with Crippen molar-refractivity contribution in [2.75, 3.05) is 53.7 Å². The molecule has 7 heteroatoms. The average Bonchev–Trinajstić information content (AvgIpc) is 3.19. The van der Waals surface area contributed by atoms with E-state index in [1.165, 1.54) is 0 Å². The van der Waals surface area contributed by atoms with Crippen molar-refractivity contribution in [1.29, 1.82) is 0 Å². The molecule has 7 nitrogen and oxygen atoms in total. The Bertz CT molecular complexity index is 533. The van der Waals surface area contributed by atoms with Crippen LogP contribution in [0.3, 0.4) is 0 Å². The van der Waals surface area contributed by atoms with Gasteiger partial charge >= 0.3 is 0 Å². The zero-order valence-corrected chi connectivity index (χ0v) is 15.8. The van der Waals surface area contributed by atoms with Gasteiger partial charge < -0.3 is 29.6 Å². The summed E-state index contributed by atoms with van der Waals surface area (Å²) in [6, 6.07) is 7.63. The molecule has 1 aromatic rings. The summed E-state index contributed by atoms with van der Waals surface area (Å²) >= 11 is 0. The lowest BCUT2D eigenvalue weighted by Gasteiger charge is -2.13. The molecular formula is C19H31N3O4. The van der Waals surface area contributed by atoms with E-state index in [-0.39, 0.29) is 6.10 Å². The first-order chi connectivity index (χ1) is 12.8. The van der Waals surface area contributed by atoms with Crippen LogP contribution in [0.2, 0.25) is 0 Å². The summed E-state index contributed by atoms with van der Waals surface area (Å²) in [7, 11) is 3.42. The van der Waals surface area contributed by atoms with Gasteiger partial charge in [0.15, 0.2) is 5.96 Å². The summed E-state index contributed by atoms with van der Waals surface area (Å²) in [6.07, 6.45) is 3.10. The predicted molar refractivity (Wildman–Crippen MR) is 102 cm³/mol. The molecule has 1 unspecified atom stereocenters. The first kappa shape index (κ1) is 20.3. The first-order valence-electron chi connectivity index (χ1n) is 9.22. The topological polar surface area (TPSA) is 73.3 Å². The maximum Gasteiger partial charge on any atom is 0.190 e. The number of guanidine groups is 1. The standard InChI is InChI=1S/C19H31N3O4/c1-20-19(22-10-5-12-26-18-8-13-24-15-18)21-9-4-11-25-17-7-3-6-16(14-17)23-2/h3,6-7,14,18H,4-5,8-13,15H2,1-2H3,(H2,20,21,22). The van der Waals surface area contributed by atoms with Crippen molar-refractivity contribution in [2.24, 2.45) is 4.99 Å². The van der Waals surface area contributed by atoms with Crippen molar-refractivity contribution in [3.8, 4) is 11.5 Å². The number of hydrogen-bond donors (Lipinski definition) is 2. The molecule has 1 saturated heterocycles. The third-order valence-corrected chi connectivity index (χ3v) is 4.00. The highest BCUT2D eigenvalue weighted by Crippen LogP contribution is 2.18. The molecule has 0 spiro atoms. The van der Waals surface area contributed by atoms with Gasteiger partial charge in [0, 0.05) is 39.4 Å². The first-order valence-corrected chi connectivity index (χ1v) is 9.22. The fourth-order valence-electron chi connectivity index (χ4n) is 2.55. The Morgan fingerprint density at radius 1 is 1.19 bits per heavy atom. The van der Waals surface area contributed by atoms with Gasteiger partial charge in [-0.3, -0.25) is 4.99 Å². The maximum atomic E-state index is 5.74. The van der Waals surface area contributed by atoms with E-state index >= 15 is 0 Å². The Labute approximate surface area is 156 Å². The number of rotatable bonds is 11. The van der Waals surface area contributed by atoms with Crippen LogP contribution in [0.25, 0.3) is 0 Å². The summed E-state index contributed by atoms with van der Waals surface area (Å²) in [6.45, 7) is 4.55. The fourth-order valence-corrected chi connectivity index (χ4v) is 2.55. The van der Waals surface area contributed by atoms with Crippen LogP contribution in [0.1, 0.15) is 19.3 Å². The molecule has 1 atom stereocenters. The zero-order valence-electron chi connectivity index (χ0n) is 15.8. The Morgan fingerprint density at radius 2 is 1.96 bits per heavy atom. The number of nitrogens with one attached hydrogen (secondary N) is 2. The molecule has 0 amide bonds. The van der Waals surface area contributed by atoms with Crippen LogP contribution in [0.4, 0.5) is 0 Å². The number of benzene rings is 1. The van der Waals surface area contributed by atoms with E-state index in [1.807, 2.05) is 24.3 Å². The van der Waals surface area contributed by atoms with Crippen molar-refractivity contribution in [2.45, 2.75) is 25.4 Å². The second kappa shape index (κ2) is 12.4. The van der Waals surface area contributed by atoms with Gasteiger partial charge in [0.05, 0.1) is 26.4 Å². The van der Waals surface area contributed by atoms with E-state index in [2.05, 4.69) is 15.6 Å². The van der Waals surface area contributed by atoms with Gasteiger partial charge in [0.1, 0.15) is 11.5 Å². The van der Waals surface area contributed by atoms with Gasteiger partial charge in [-0.1, -0.05) is 6.07 Å². The lowest BCUT2D eigenvalue weighted by molar-refractivity contribution is 0.0420. The van der Waals surface area contributed by atoms with Gasteiger partial charge in [-0.2, -0.15) is 0 Å². The average molecular weight is 365 g/mol. The minimum Gasteiger partial charge on any atom is -0.497 e. The smallest absolute Gasteiger partial charge is 0.190 e. The van der Waals surface area contributed by atoms with Gasteiger partial charge in [0.2, 0.25) is 0 Å². The molecule has 1 heterocycles. The highest BCUT2D eigenvalue weighted by Gasteiger charge is 2.15. The summed E-state index contributed by atoms with van der Waals surface area (Å²) in [5, 5.41) is 6.57. The van der Waals surface area contributed by atoms with E-state index in [9.17, 15) is 0 Å². The van der Waals surface area contributed by atoms with E-state index in [0.29, 0.717) is 6.61 Å². The van der Waals surface area contributed by atoms with Gasteiger partial charge in [-0.25, -0.2) is 0 Å². The zero-order chi connectivity index (χ0) is 18.5. The van der Waals surface area contributed by atoms with E-state index in [0.717, 1.165) is 69.6 Å². The summed E-state index contributed by atoms with van der Waals surface area (Å²) < 4.78 is 21.9. The molecule has 0 bridgehead atoms. The molecule has 2 rings (SSSR count). The Hall–Kier alpha value is -1.99. The van der Waals surface area contributed by atoms with Crippen LogP contribution < -0.4 is 20.1 Å². The number of methoxy groups -OCH3 is 1. The van der Waals surface area contributed by atoms with Crippen molar-refractivity contribution < 1.29 is 18.9 Å².